The fourth-order valence-corrected chi connectivity index (χ4v) is 3.69. The monoisotopic (exact) mass is 287 g/mol. The molecular weight excluding hydrogens is 270 g/mol. The first-order valence-electron chi connectivity index (χ1n) is 6.05. The lowest BCUT2D eigenvalue weighted by Gasteiger charge is -2.29. The molecule has 8 heteroatoms. The summed E-state index contributed by atoms with van der Waals surface area (Å²) in [6, 6.07) is 0. The van der Waals surface area contributed by atoms with Crippen LogP contribution in [0.1, 0.15) is 18.7 Å². The molecule has 1 aliphatic heterocycles. The van der Waals surface area contributed by atoms with Gasteiger partial charge in [0.05, 0.1) is 5.92 Å². The number of nitrogens with zero attached hydrogens (tertiary/aromatic N) is 3. The second-order valence-corrected chi connectivity index (χ2v) is 6.66. The summed E-state index contributed by atoms with van der Waals surface area (Å²) >= 11 is 0. The van der Waals surface area contributed by atoms with Gasteiger partial charge in [-0.05, 0) is 19.8 Å². The maximum atomic E-state index is 12.4. The zero-order valence-electron chi connectivity index (χ0n) is 10.9. The van der Waals surface area contributed by atoms with Crippen LogP contribution in [0.25, 0.3) is 0 Å². The normalized spacial score (nSPS) is 21.5. The lowest BCUT2D eigenvalue weighted by Crippen LogP contribution is -2.42. The first-order chi connectivity index (χ1) is 8.82. The fourth-order valence-electron chi connectivity index (χ4n) is 2.15. The standard InChI is InChI=1S/C11H17N3O4S/c1-8-12-10(7-13(8)2)19(17,18)14-5-3-4-9(6-14)11(15)16/h7,9H,3-6H2,1-2H3,(H,15,16). The zero-order chi connectivity index (χ0) is 14.2. The van der Waals surface area contributed by atoms with E-state index >= 15 is 0 Å². The van der Waals surface area contributed by atoms with E-state index in [4.69, 9.17) is 5.11 Å². The molecule has 0 aliphatic carbocycles. The van der Waals surface area contributed by atoms with Crippen molar-refractivity contribution < 1.29 is 18.3 Å². The van der Waals surface area contributed by atoms with E-state index < -0.39 is 21.9 Å². The van der Waals surface area contributed by atoms with Crippen LogP contribution in [0.5, 0.6) is 0 Å². The summed E-state index contributed by atoms with van der Waals surface area (Å²) in [5.74, 6) is -0.976. The maximum absolute atomic E-state index is 12.4. The molecule has 0 spiro atoms. The molecule has 2 heterocycles. The summed E-state index contributed by atoms with van der Waals surface area (Å²) in [4.78, 5) is 15.0. The highest BCUT2D eigenvalue weighted by Gasteiger charge is 2.34. The number of aryl methyl sites for hydroxylation is 2. The number of carbonyl (C=O) groups is 1. The number of carboxylic acids is 1. The van der Waals surface area contributed by atoms with Crippen molar-refractivity contribution in [2.45, 2.75) is 24.8 Å². The Hall–Kier alpha value is -1.41. The van der Waals surface area contributed by atoms with Gasteiger partial charge in [-0.15, -0.1) is 0 Å². The Bertz CT molecular complexity index is 574. The van der Waals surface area contributed by atoms with E-state index in [1.165, 1.54) is 10.5 Å². The molecule has 1 fully saturated rings. The minimum atomic E-state index is -3.69. The van der Waals surface area contributed by atoms with Crippen LogP contribution in [-0.2, 0) is 21.9 Å². The number of sulfonamides is 1. The molecule has 19 heavy (non-hydrogen) atoms. The Labute approximate surface area is 111 Å². The molecule has 1 aliphatic rings. The lowest BCUT2D eigenvalue weighted by molar-refractivity contribution is -0.142. The van der Waals surface area contributed by atoms with Crippen molar-refractivity contribution in [3.63, 3.8) is 0 Å². The molecule has 0 bridgehead atoms. The zero-order valence-corrected chi connectivity index (χ0v) is 11.7. The molecule has 0 saturated carbocycles. The molecule has 7 nitrogen and oxygen atoms in total. The quantitative estimate of drug-likeness (QED) is 0.858. The van der Waals surface area contributed by atoms with E-state index in [0.29, 0.717) is 25.2 Å². The van der Waals surface area contributed by atoms with Crippen LogP contribution in [0.3, 0.4) is 0 Å². The van der Waals surface area contributed by atoms with Gasteiger partial charge in [-0.2, -0.15) is 4.31 Å². The molecule has 1 saturated heterocycles. The third kappa shape index (κ3) is 2.64. The number of imidazole rings is 1. The topological polar surface area (TPSA) is 92.5 Å². The van der Waals surface area contributed by atoms with Gasteiger partial charge in [0.1, 0.15) is 5.82 Å². The molecule has 1 N–H and O–H groups in total. The van der Waals surface area contributed by atoms with Crippen molar-refractivity contribution >= 4 is 16.0 Å². The van der Waals surface area contributed by atoms with Crippen LogP contribution in [0.15, 0.2) is 11.2 Å². The molecule has 0 radical (unpaired) electrons. The number of rotatable bonds is 3. The van der Waals surface area contributed by atoms with Gasteiger partial charge in [-0.3, -0.25) is 4.79 Å². The molecule has 1 unspecified atom stereocenters. The number of hydrogen-bond acceptors (Lipinski definition) is 4. The predicted octanol–water partition coefficient (Wildman–Crippen LogP) is 0.214. The third-order valence-electron chi connectivity index (χ3n) is 3.42. The number of aliphatic carboxylic acids is 1. The summed E-state index contributed by atoms with van der Waals surface area (Å²) in [5.41, 5.74) is 0. The van der Waals surface area contributed by atoms with Crippen molar-refractivity contribution in [1.29, 1.82) is 0 Å². The Morgan fingerprint density at radius 2 is 2.21 bits per heavy atom. The third-order valence-corrected chi connectivity index (χ3v) is 5.16. The van der Waals surface area contributed by atoms with Gasteiger partial charge in [0.2, 0.25) is 0 Å². The second-order valence-electron chi connectivity index (χ2n) is 4.78. The minimum Gasteiger partial charge on any atom is -0.481 e. The maximum Gasteiger partial charge on any atom is 0.307 e. The molecule has 0 amide bonds. The Morgan fingerprint density at radius 3 is 2.74 bits per heavy atom. The summed E-state index contributed by atoms with van der Waals surface area (Å²) in [6.45, 7) is 2.09. The van der Waals surface area contributed by atoms with Crippen molar-refractivity contribution in [2.24, 2.45) is 13.0 Å². The molecule has 1 atom stereocenters. The van der Waals surface area contributed by atoms with Crippen molar-refractivity contribution in [3.8, 4) is 0 Å². The predicted molar refractivity (Wildman–Crippen MR) is 67.1 cm³/mol. The van der Waals surface area contributed by atoms with Crippen LogP contribution in [0.2, 0.25) is 0 Å². The SMILES string of the molecule is Cc1nc(S(=O)(=O)N2CCCC(C(=O)O)C2)cn1C. The van der Waals surface area contributed by atoms with Crippen molar-refractivity contribution in [1.82, 2.24) is 13.9 Å². The van der Waals surface area contributed by atoms with E-state index in [0.717, 1.165) is 0 Å². The van der Waals surface area contributed by atoms with Gasteiger partial charge in [-0.1, -0.05) is 0 Å². The van der Waals surface area contributed by atoms with Gasteiger partial charge in [0.15, 0.2) is 5.03 Å². The van der Waals surface area contributed by atoms with E-state index in [1.54, 1.807) is 18.5 Å². The van der Waals surface area contributed by atoms with E-state index in [2.05, 4.69) is 4.98 Å². The molecular formula is C11H17N3O4S. The molecule has 106 valence electrons. The smallest absolute Gasteiger partial charge is 0.307 e. The van der Waals surface area contributed by atoms with Gasteiger partial charge in [0, 0.05) is 26.3 Å². The Kier molecular flexibility index (Phi) is 3.64. The van der Waals surface area contributed by atoms with Crippen LogP contribution >= 0.6 is 0 Å². The minimum absolute atomic E-state index is 0.0152. The largest absolute Gasteiger partial charge is 0.481 e. The molecule has 1 aromatic heterocycles. The average molecular weight is 287 g/mol. The lowest BCUT2D eigenvalue weighted by atomic mass is 10.0. The summed E-state index contributed by atoms with van der Waals surface area (Å²) in [5, 5.41) is 8.98. The van der Waals surface area contributed by atoms with Crippen LogP contribution in [-0.4, -0.2) is 46.4 Å². The first-order valence-corrected chi connectivity index (χ1v) is 7.49. The second kappa shape index (κ2) is 4.93. The first kappa shape index (κ1) is 14.0. The molecule has 2 rings (SSSR count). The van der Waals surface area contributed by atoms with Gasteiger partial charge < -0.3 is 9.67 Å². The molecule has 1 aromatic rings. The highest BCUT2D eigenvalue weighted by atomic mass is 32.2. The Balaban J connectivity index is 2.26. The summed E-state index contributed by atoms with van der Waals surface area (Å²) in [7, 11) is -1.97. The summed E-state index contributed by atoms with van der Waals surface area (Å²) in [6.07, 6.45) is 2.53. The highest BCUT2D eigenvalue weighted by molar-refractivity contribution is 7.89. The van der Waals surface area contributed by atoms with Crippen molar-refractivity contribution in [2.75, 3.05) is 13.1 Å². The number of aromatic nitrogens is 2. The summed E-state index contributed by atoms with van der Waals surface area (Å²) < 4.78 is 27.6. The van der Waals surface area contributed by atoms with Gasteiger partial charge in [0.25, 0.3) is 10.0 Å². The average Bonchev–Trinajstić information content (AvgIpc) is 2.70. The number of piperidine rings is 1. The van der Waals surface area contributed by atoms with E-state index in [-0.39, 0.29) is 11.6 Å². The van der Waals surface area contributed by atoms with Crippen LogP contribution in [0.4, 0.5) is 0 Å². The molecule has 0 aromatic carbocycles. The number of hydrogen-bond donors (Lipinski definition) is 1. The van der Waals surface area contributed by atoms with Gasteiger partial charge >= 0.3 is 5.97 Å². The highest BCUT2D eigenvalue weighted by Crippen LogP contribution is 2.23. The number of carboxylic acid groups (broad SMARTS) is 1. The fraction of sp³-hybridized carbons (Fsp3) is 0.636. The van der Waals surface area contributed by atoms with Crippen LogP contribution in [0, 0.1) is 12.8 Å². The van der Waals surface area contributed by atoms with Gasteiger partial charge in [-0.25, -0.2) is 13.4 Å². The Morgan fingerprint density at radius 1 is 1.53 bits per heavy atom. The van der Waals surface area contributed by atoms with Crippen molar-refractivity contribution in [3.05, 3.63) is 12.0 Å². The van der Waals surface area contributed by atoms with E-state index in [1.807, 2.05) is 0 Å². The van der Waals surface area contributed by atoms with Crippen LogP contribution < -0.4 is 0 Å². The van der Waals surface area contributed by atoms with E-state index in [9.17, 15) is 13.2 Å².